The van der Waals surface area contributed by atoms with Crippen molar-refractivity contribution in [3.63, 3.8) is 0 Å². The topological polar surface area (TPSA) is 55.4 Å². The van der Waals surface area contributed by atoms with E-state index in [0.717, 1.165) is 22.4 Å². The fraction of sp³-hybridized carbons (Fsp3) is 0.400. The van der Waals surface area contributed by atoms with Crippen LogP contribution in [-0.2, 0) is 15.8 Å². The smallest absolute Gasteiger partial charge is 0.216 e. The van der Waals surface area contributed by atoms with Gasteiger partial charge in [-0.05, 0) is 66.3 Å². The second-order valence-corrected chi connectivity index (χ2v) is 9.02. The van der Waals surface area contributed by atoms with Crippen molar-refractivity contribution in [1.82, 2.24) is 4.72 Å². The molecule has 0 amide bonds. The fourth-order valence-corrected chi connectivity index (χ4v) is 4.61. The first-order valence-electron chi connectivity index (χ1n) is 8.56. The number of aryl methyl sites for hydroxylation is 1. The van der Waals surface area contributed by atoms with Gasteiger partial charge in [-0.3, -0.25) is 0 Å². The van der Waals surface area contributed by atoms with Crippen LogP contribution in [-0.4, -0.2) is 15.5 Å². The van der Waals surface area contributed by atoms with E-state index in [1.54, 1.807) is 31.4 Å². The van der Waals surface area contributed by atoms with Crippen molar-refractivity contribution in [2.45, 2.75) is 45.4 Å². The van der Waals surface area contributed by atoms with Crippen LogP contribution in [0.2, 0.25) is 5.02 Å². The standard InChI is InChI=1S/C20H26ClNO3S/c1-13(2)18-11-19(14(3)9-20(18)25-5)15(4)22-26(23,24)12-16-7-6-8-17(21)10-16/h6-11,13,15,22H,12H2,1-5H3/t15-/m1/s1. The highest BCUT2D eigenvalue weighted by Gasteiger charge is 2.20. The number of ether oxygens (including phenoxy) is 1. The zero-order valence-electron chi connectivity index (χ0n) is 15.8. The maximum atomic E-state index is 12.6. The molecule has 0 saturated carbocycles. The molecule has 2 rings (SSSR count). The molecule has 0 unspecified atom stereocenters. The van der Waals surface area contributed by atoms with Gasteiger partial charge in [0.15, 0.2) is 0 Å². The van der Waals surface area contributed by atoms with E-state index in [1.165, 1.54) is 0 Å². The minimum Gasteiger partial charge on any atom is -0.496 e. The van der Waals surface area contributed by atoms with Crippen LogP contribution in [0.1, 0.15) is 55.0 Å². The van der Waals surface area contributed by atoms with E-state index >= 15 is 0 Å². The first kappa shape index (κ1) is 20.7. The third-order valence-electron chi connectivity index (χ3n) is 4.31. The van der Waals surface area contributed by atoms with Crippen LogP contribution in [0.25, 0.3) is 0 Å². The lowest BCUT2D eigenvalue weighted by atomic mass is 9.94. The molecule has 0 radical (unpaired) electrons. The van der Waals surface area contributed by atoms with Gasteiger partial charge in [0.2, 0.25) is 10.0 Å². The molecule has 1 atom stereocenters. The summed E-state index contributed by atoms with van der Waals surface area (Å²) in [5.74, 6) is 0.999. The molecule has 0 aliphatic carbocycles. The molecule has 1 N–H and O–H groups in total. The predicted molar refractivity (Wildman–Crippen MR) is 107 cm³/mol. The lowest BCUT2D eigenvalue weighted by molar-refractivity contribution is 0.406. The minimum absolute atomic E-state index is 0.107. The van der Waals surface area contributed by atoms with Gasteiger partial charge in [0, 0.05) is 11.1 Å². The van der Waals surface area contributed by atoms with Gasteiger partial charge in [-0.15, -0.1) is 0 Å². The summed E-state index contributed by atoms with van der Waals surface area (Å²) < 4.78 is 33.4. The van der Waals surface area contributed by atoms with E-state index in [4.69, 9.17) is 16.3 Å². The Labute approximate surface area is 161 Å². The summed E-state index contributed by atoms with van der Waals surface area (Å²) in [6.45, 7) is 7.99. The highest BCUT2D eigenvalue weighted by molar-refractivity contribution is 7.88. The molecule has 4 nitrogen and oxygen atoms in total. The van der Waals surface area contributed by atoms with Gasteiger partial charge in [-0.2, -0.15) is 0 Å². The van der Waals surface area contributed by atoms with Crippen molar-refractivity contribution < 1.29 is 13.2 Å². The van der Waals surface area contributed by atoms with E-state index < -0.39 is 10.0 Å². The van der Waals surface area contributed by atoms with E-state index in [-0.39, 0.29) is 17.7 Å². The van der Waals surface area contributed by atoms with Gasteiger partial charge in [0.1, 0.15) is 5.75 Å². The Bertz CT molecular complexity index is 879. The largest absolute Gasteiger partial charge is 0.496 e. The number of methoxy groups -OCH3 is 1. The average Bonchev–Trinajstić information content (AvgIpc) is 2.52. The summed E-state index contributed by atoms with van der Waals surface area (Å²) in [6.07, 6.45) is 0. The Morgan fingerprint density at radius 2 is 1.81 bits per heavy atom. The van der Waals surface area contributed by atoms with Crippen molar-refractivity contribution in [1.29, 1.82) is 0 Å². The van der Waals surface area contributed by atoms with Gasteiger partial charge in [0.05, 0.1) is 12.9 Å². The molecule has 0 aliphatic heterocycles. The van der Waals surface area contributed by atoms with Gasteiger partial charge in [0.25, 0.3) is 0 Å². The number of rotatable bonds is 7. The quantitative estimate of drug-likeness (QED) is 0.720. The van der Waals surface area contributed by atoms with Crippen LogP contribution in [0.3, 0.4) is 0 Å². The molecular formula is C20H26ClNO3S. The summed E-state index contributed by atoms with van der Waals surface area (Å²) in [7, 11) is -1.85. The van der Waals surface area contributed by atoms with E-state index in [9.17, 15) is 8.42 Å². The molecule has 0 spiro atoms. The summed E-state index contributed by atoms with van der Waals surface area (Å²) in [4.78, 5) is 0. The zero-order chi connectivity index (χ0) is 19.5. The molecule has 2 aromatic carbocycles. The molecular weight excluding hydrogens is 370 g/mol. The van der Waals surface area contributed by atoms with E-state index in [2.05, 4.69) is 18.6 Å². The maximum Gasteiger partial charge on any atom is 0.216 e. The van der Waals surface area contributed by atoms with Gasteiger partial charge in [-0.25, -0.2) is 13.1 Å². The summed E-state index contributed by atoms with van der Waals surface area (Å²) in [5, 5.41) is 0.526. The van der Waals surface area contributed by atoms with Gasteiger partial charge in [-0.1, -0.05) is 37.6 Å². The molecule has 0 aromatic heterocycles. The number of nitrogens with one attached hydrogen (secondary N) is 1. The molecule has 2 aromatic rings. The average molecular weight is 396 g/mol. The van der Waals surface area contributed by atoms with E-state index in [0.29, 0.717) is 10.6 Å². The molecule has 0 saturated heterocycles. The van der Waals surface area contributed by atoms with Gasteiger partial charge >= 0.3 is 0 Å². The summed E-state index contributed by atoms with van der Waals surface area (Å²) in [6, 6.07) is 10.5. The first-order chi connectivity index (χ1) is 12.1. The molecule has 142 valence electrons. The predicted octanol–water partition coefficient (Wildman–Crippen LogP) is 4.96. The maximum absolute atomic E-state index is 12.6. The first-order valence-corrected chi connectivity index (χ1v) is 10.6. The van der Waals surface area contributed by atoms with Crippen LogP contribution in [0, 0.1) is 6.92 Å². The third-order valence-corrected chi connectivity index (χ3v) is 5.97. The number of hydrogen-bond acceptors (Lipinski definition) is 3. The second kappa shape index (κ2) is 8.42. The van der Waals surface area contributed by atoms with E-state index in [1.807, 2.05) is 26.0 Å². The lowest BCUT2D eigenvalue weighted by Gasteiger charge is -2.21. The van der Waals surface area contributed by atoms with Crippen molar-refractivity contribution in [3.05, 3.63) is 63.7 Å². The van der Waals surface area contributed by atoms with Crippen molar-refractivity contribution in [2.75, 3.05) is 7.11 Å². The third kappa shape index (κ3) is 5.22. The Morgan fingerprint density at radius 1 is 1.12 bits per heavy atom. The SMILES string of the molecule is COc1cc(C)c([C@@H](C)NS(=O)(=O)Cc2cccc(Cl)c2)cc1C(C)C. The Balaban J connectivity index is 2.25. The minimum atomic E-state index is -3.50. The second-order valence-electron chi connectivity index (χ2n) is 6.83. The lowest BCUT2D eigenvalue weighted by Crippen LogP contribution is -2.28. The van der Waals surface area contributed by atoms with Crippen LogP contribution in [0.5, 0.6) is 5.75 Å². The molecule has 0 aliphatic rings. The Morgan fingerprint density at radius 3 is 2.38 bits per heavy atom. The molecule has 0 heterocycles. The molecule has 26 heavy (non-hydrogen) atoms. The van der Waals surface area contributed by atoms with Crippen LogP contribution in [0.15, 0.2) is 36.4 Å². The van der Waals surface area contributed by atoms with Crippen LogP contribution in [0.4, 0.5) is 0 Å². The van der Waals surface area contributed by atoms with Crippen molar-refractivity contribution in [2.24, 2.45) is 0 Å². The van der Waals surface area contributed by atoms with Crippen LogP contribution >= 0.6 is 11.6 Å². The van der Waals surface area contributed by atoms with Crippen molar-refractivity contribution in [3.8, 4) is 5.75 Å². The monoisotopic (exact) mass is 395 g/mol. The van der Waals surface area contributed by atoms with Crippen molar-refractivity contribution >= 4 is 21.6 Å². The van der Waals surface area contributed by atoms with Gasteiger partial charge < -0.3 is 4.74 Å². The number of sulfonamides is 1. The normalized spacial score (nSPS) is 13.0. The highest BCUT2D eigenvalue weighted by atomic mass is 35.5. The van der Waals surface area contributed by atoms with Crippen LogP contribution < -0.4 is 9.46 Å². The Kier molecular flexibility index (Phi) is 6.72. The Hall–Kier alpha value is -1.56. The number of hydrogen-bond donors (Lipinski definition) is 1. The number of benzene rings is 2. The summed E-state index contributed by atoms with van der Waals surface area (Å²) in [5.41, 5.74) is 3.66. The molecule has 0 fully saturated rings. The molecule has 0 bridgehead atoms. The molecule has 6 heteroatoms. The fourth-order valence-electron chi connectivity index (χ4n) is 3.03. The number of halogens is 1. The zero-order valence-corrected chi connectivity index (χ0v) is 17.4. The highest BCUT2D eigenvalue weighted by Crippen LogP contribution is 2.32. The summed E-state index contributed by atoms with van der Waals surface area (Å²) >= 11 is 5.94.